The van der Waals surface area contributed by atoms with Crippen LogP contribution in [-0.2, 0) is 57.0 Å². The van der Waals surface area contributed by atoms with Gasteiger partial charge in [-0.2, -0.15) is 0 Å². The number of carbonyl (C=O) groups excluding carboxylic acids is 3. The molecule has 0 spiro atoms. The average molecular weight is 773 g/mol. The summed E-state index contributed by atoms with van der Waals surface area (Å²) >= 11 is 0. The van der Waals surface area contributed by atoms with E-state index in [4.69, 9.17) is 42.6 Å². The third-order valence-electron chi connectivity index (χ3n) is 10.1. The largest absolute Gasteiger partial charge is 0.379 e. The molecule has 1 fully saturated rings. The van der Waals surface area contributed by atoms with Crippen LogP contribution in [0.1, 0.15) is 98.3 Å². The maximum Gasteiger partial charge on any atom is 0.122 e. The van der Waals surface area contributed by atoms with Crippen molar-refractivity contribution < 1.29 is 57.0 Å². The van der Waals surface area contributed by atoms with E-state index >= 15 is 0 Å². The van der Waals surface area contributed by atoms with Crippen LogP contribution in [0.3, 0.4) is 0 Å². The summed E-state index contributed by atoms with van der Waals surface area (Å²) in [5.74, 6) is 1.20. The Labute approximate surface area is 327 Å². The molecule has 0 N–H and O–H groups in total. The molecule has 0 aromatic rings. The Morgan fingerprint density at radius 2 is 1.00 bits per heavy atom. The third-order valence-corrected chi connectivity index (χ3v) is 10.1. The van der Waals surface area contributed by atoms with Crippen LogP contribution >= 0.6 is 0 Å². The molecule has 1 aliphatic rings. The number of hydrogen-bond acceptors (Lipinski definition) is 12. The second kappa shape index (κ2) is 35.8. The van der Waals surface area contributed by atoms with Crippen LogP contribution < -0.4 is 0 Å². The van der Waals surface area contributed by atoms with E-state index in [1.54, 1.807) is 0 Å². The van der Waals surface area contributed by atoms with Crippen molar-refractivity contribution >= 4 is 18.9 Å². The van der Waals surface area contributed by atoms with Gasteiger partial charge in [0.15, 0.2) is 0 Å². The molecule has 0 heterocycles. The summed E-state index contributed by atoms with van der Waals surface area (Å²) in [6.45, 7) is 17.5. The van der Waals surface area contributed by atoms with Crippen molar-refractivity contribution in [1.29, 1.82) is 0 Å². The van der Waals surface area contributed by atoms with Crippen molar-refractivity contribution in [1.82, 2.24) is 0 Å². The zero-order chi connectivity index (χ0) is 39.4. The highest BCUT2D eigenvalue weighted by Crippen LogP contribution is 2.42. The molecule has 1 aliphatic carbocycles. The maximum absolute atomic E-state index is 11.4. The van der Waals surface area contributed by atoms with Gasteiger partial charge < -0.3 is 57.0 Å². The zero-order valence-corrected chi connectivity index (χ0v) is 34.3. The highest BCUT2D eigenvalue weighted by atomic mass is 16.6. The molecule has 316 valence electrons. The molecule has 0 aromatic carbocycles. The lowest BCUT2D eigenvalue weighted by Crippen LogP contribution is -2.30. The zero-order valence-electron chi connectivity index (χ0n) is 34.3. The van der Waals surface area contributed by atoms with Crippen molar-refractivity contribution in [3.8, 4) is 0 Å². The van der Waals surface area contributed by atoms with Crippen LogP contribution in [0.15, 0.2) is 11.6 Å². The smallest absolute Gasteiger partial charge is 0.122 e. The lowest BCUT2D eigenvalue weighted by atomic mass is 9.70. The SMILES string of the molecule is C/C(=C\C(C)CCC(CC=O)CCC1(C)CCC(OCCOCCOCCOCCOCCOCCOCCOCCOCCC=O)CC1)C(C)CC=O. The van der Waals surface area contributed by atoms with Gasteiger partial charge in [-0.3, -0.25) is 0 Å². The van der Waals surface area contributed by atoms with E-state index in [-0.39, 0.29) is 0 Å². The molecule has 12 heteroatoms. The van der Waals surface area contributed by atoms with Crippen LogP contribution in [0.4, 0.5) is 0 Å². The predicted octanol–water partition coefficient (Wildman–Crippen LogP) is 6.25. The fourth-order valence-corrected chi connectivity index (χ4v) is 6.35. The Bertz CT molecular complexity index is 908. The average Bonchev–Trinajstić information content (AvgIpc) is 3.16. The van der Waals surface area contributed by atoms with Gasteiger partial charge >= 0.3 is 0 Å². The second-order valence-electron chi connectivity index (χ2n) is 14.8. The molecule has 1 saturated carbocycles. The third kappa shape index (κ3) is 29.6. The van der Waals surface area contributed by atoms with E-state index in [0.29, 0.717) is 161 Å². The van der Waals surface area contributed by atoms with Crippen molar-refractivity contribution in [2.75, 3.05) is 112 Å². The molecule has 3 unspecified atom stereocenters. The van der Waals surface area contributed by atoms with E-state index in [0.717, 1.165) is 70.2 Å². The van der Waals surface area contributed by atoms with Gasteiger partial charge in [0.05, 0.1) is 118 Å². The minimum Gasteiger partial charge on any atom is -0.379 e. The molecule has 0 amide bonds. The number of hydrogen-bond donors (Lipinski definition) is 0. The molecule has 3 atom stereocenters. The fourth-order valence-electron chi connectivity index (χ4n) is 6.35. The predicted molar refractivity (Wildman–Crippen MR) is 209 cm³/mol. The first kappa shape index (κ1) is 50.4. The van der Waals surface area contributed by atoms with E-state index < -0.39 is 0 Å². The monoisotopic (exact) mass is 773 g/mol. The quantitative estimate of drug-likeness (QED) is 0.0396. The Balaban J connectivity index is 1.91. The molecular formula is C42H76O12. The van der Waals surface area contributed by atoms with Gasteiger partial charge in [0, 0.05) is 19.3 Å². The Kier molecular flexibility index (Phi) is 33.4. The molecule has 0 saturated heterocycles. The number of rotatable bonds is 40. The lowest BCUT2D eigenvalue weighted by molar-refractivity contribution is -0.109. The summed E-state index contributed by atoms with van der Waals surface area (Å²) in [4.78, 5) is 32.4. The highest BCUT2D eigenvalue weighted by molar-refractivity contribution is 5.50. The summed E-state index contributed by atoms with van der Waals surface area (Å²) in [7, 11) is 0. The van der Waals surface area contributed by atoms with Crippen molar-refractivity contribution in [3.05, 3.63) is 11.6 Å². The first-order valence-electron chi connectivity index (χ1n) is 20.6. The fraction of sp³-hybridized carbons (Fsp3) is 0.881. The minimum absolute atomic E-state index is 0.296. The Hall–Kier alpha value is -1.61. The Morgan fingerprint density at radius 1 is 0.574 bits per heavy atom. The van der Waals surface area contributed by atoms with E-state index in [9.17, 15) is 14.4 Å². The van der Waals surface area contributed by atoms with E-state index in [1.807, 2.05) is 0 Å². The molecule has 0 radical (unpaired) electrons. The summed E-state index contributed by atoms with van der Waals surface area (Å²) in [6.07, 6.45) is 16.1. The van der Waals surface area contributed by atoms with Gasteiger partial charge in [-0.15, -0.1) is 0 Å². The van der Waals surface area contributed by atoms with Gasteiger partial charge in [-0.25, -0.2) is 0 Å². The van der Waals surface area contributed by atoms with Crippen molar-refractivity contribution in [3.63, 3.8) is 0 Å². The minimum atomic E-state index is 0.296. The highest BCUT2D eigenvalue weighted by Gasteiger charge is 2.32. The van der Waals surface area contributed by atoms with Gasteiger partial charge in [0.2, 0.25) is 0 Å². The first-order chi connectivity index (χ1) is 26.3. The normalized spacial score (nSPS) is 19.4. The number of carbonyl (C=O) groups is 3. The number of aldehydes is 3. The summed E-state index contributed by atoms with van der Waals surface area (Å²) < 4.78 is 49.9. The molecule has 12 nitrogen and oxygen atoms in total. The standard InChI is InChI=1S/C42H76O12/c1-37(36-39(3)38(2)11-17-44)6-7-40(12-18-45)8-13-42(4)14-9-41(10-15-42)54-35-34-53-33-32-52-31-30-51-29-28-50-27-26-49-25-24-48-23-22-47-21-20-46-19-5-16-43/h16-18,36-38,40-41H,5-15,19-35H2,1-4H3/b39-36+. The molecule has 0 aromatic heterocycles. The van der Waals surface area contributed by atoms with Crippen molar-refractivity contribution in [2.45, 2.75) is 104 Å². The lowest BCUT2D eigenvalue weighted by Gasteiger charge is -2.38. The van der Waals surface area contributed by atoms with Crippen molar-refractivity contribution in [2.24, 2.45) is 23.2 Å². The van der Waals surface area contributed by atoms with Crippen LogP contribution in [-0.4, -0.2) is 137 Å². The van der Waals surface area contributed by atoms with Crippen LogP contribution in [0, 0.1) is 23.2 Å². The molecular weight excluding hydrogens is 696 g/mol. The van der Waals surface area contributed by atoms with Crippen LogP contribution in [0.2, 0.25) is 0 Å². The second-order valence-corrected chi connectivity index (χ2v) is 14.8. The molecule has 1 rings (SSSR count). The maximum atomic E-state index is 11.4. The molecule has 0 bridgehead atoms. The van der Waals surface area contributed by atoms with Gasteiger partial charge in [0.25, 0.3) is 0 Å². The molecule has 54 heavy (non-hydrogen) atoms. The first-order valence-corrected chi connectivity index (χ1v) is 20.6. The van der Waals surface area contributed by atoms with E-state index in [1.165, 1.54) is 5.57 Å². The summed E-state index contributed by atoms with van der Waals surface area (Å²) in [5.41, 5.74) is 1.60. The van der Waals surface area contributed by atoms with Crippen LogP contribution in [0.5, 0.6) is 0 Å². The number of ether oxygens (including phenoxy) is 9. The summed E-state index contributed by atoms with van der Waals surface area (Å²) in [5, 5.41) is 0. The van der Waals surface area contributed by atoms with E-state index in [2.05, 4.69) is 33.8 Å². The summed E-state index contributed by atoms with van der Waals surface area (Å²) in [6, 6.07) is 0. The molecule has 0 aliphatic heterocycles. The van der Waals surface area contributed by atoms with Gasteiger partial charge in [-0.1, -0.05) is 32.4 Å². The van der Waals surface area contributed by atoms with Gasteiger partial charge in [-0.05, 0) is 81.5 Å². The Morgan fingerprint density at radius 3 is 1.43 bits per heavy atom. The topological polar surface area (TPSA) is 134 Å². The van der Waals surface area contributed by atoms with Crippen LogP contribution in [0.25, 0.3) is 0 Å². The number of allylic oxidation sites excluding steroid dienone is 2. The van der Waals surface area contributed by atoms with Gasteiger partial charge in [0.1, 0.15) is 18.9 Å².